The highest BCUT2D eigenvalue weighted by Gasteiger charge is 2.31. The molecule has 0 fully saturated rings. The van der Waals surface area contributed by atoms with Crippen LogP contribution in [0.25, 0.3) is 0 Å². The fraction of sp³-hybridized carbons (Fsp3) is 0.150. The second-order valence-corrected chi connectivity index (χ2v) is 6.91. The van der Waals surface area contributed by atoms with E-state index in [0.29, 0.717) is 24.1 Å². The van der Waals surface area contributed by atoms with Gasteiger partial charge in [-0.2, -0.15) is 0 Å². The van der Waals surface area contributed by atoms with E-state index < -0.39 is 29.5 Å². The van der Waals surface area contributed by atoms with Crippen LogP contribution in [0.1, 0.15) is 44.5 Å². The first-order valence-corrected chi connectivity index (χ1v) is 9.09. The van der Waals surface area contributed by atoms with Crippen LogP contribution in [0.5, 0.6) is 0 Å². The quantitative estimate of drug-likeness (QED) is 0.663. The molecule has 0 radical (unpaired) electrons. The van der Waals surface area contributed by atoms with Crippen molar-refractivity contribution in [2.75, 3.05) is 5.32 Å². The lowest BCUT2D eigenvalue weighted by Gasteiger charge is -2.15. The van der Waals surface area contributed by atoms with Gasteiger partial charge in [-0.15, -0.1) is 0 Å². The largest absolute Gasteiger partial charge is 0.438 e. The molecule has 2 N–H and O–H groups in total. The average molecular weight is 418 g/mol. The number of hydrogen-bond acceptors (Lipinski definition) is 4. The summed E-state index contributed by atoms with van der Waals surface area (Å²) < 4.78 is 32.8. The summed E-state index contributed by atoms with van der Waals surface area (Å²) in [6, 6.07) is 5.78. The summed E-state index contributed by atoms with van der Waals surface area (Å²) in [7, 11) is 0. The Bertz CT molecular complexity index is 1100. The minimum absolute atomic E-state index is 0.0148. The second-order valence-electron chi connectivity index (χ2n) is 6.50. The number of aromatic nitrogens is 1. The highest BCUT2D eigenvalue weighted by molar-refractivity contribution is 6.31. The predicted molar refractivity (Wildman–Crippen MR) is 101 cm³/mol. The maximum atomic E-state index is 14.5. The SMILES string of the molecule is O=C(N[C@H]1CCc2c(C(=O)Nc3ccc(F)c(Cl)c3)ccc(F)c21)c1cnco1. The van der Waals surface area contributed by atoms with E-state index in [9.17, 15) is 18.4 Å². The van der Waals surface area contributed by atoms with Gasteiger partial charge in [0.2, 0.25) is 5.76 Å². The molecule has 1 atom stereocenters. The Balaban J connectivity index is 1.59. The summed E-state index contributed by atoms with van der Waals surface area (Å²) in [5, 5.41) is 5.21. The summed E-state index contributed by atoms with van der Waals surface area (Å²) in [5.41, 5.74) is 1.37. The van der Waals surface area contributed by atoms with Crippen LogP contribution in [0.3, 0.4) is 0 Å². The van der Waals surface area contributed by atoms with E-state index in [2.05, 4.69) is 15.6 Å². The van der Waals surface area contributed by atoms with Crippen molar-refractivity contribution in [2.24, 2.45) is 0 Å². The Morgan fingerprint density at radius 1 is 1.14 bits per heavy atom. The summed E-state index contributed by atoms with van der Waals surface area (Å²) in [4.78, 5) is 28.6. The first kappa shape index (κ1) is 19.1. The molecular formula is C20H14ClF2N3O3. The first-order valence-electron chi connectivity index (χ1n) is 8.71. The van der Waals surface area contributed by atoms with Gasteiger partial charge < -0.3 is 15.1 Å². The maximum Gasteiger partial charge on any atom is 0.289 e. The number of hydrogen-bond donors (Lipinski definition) is 2. The number of oxazole rings is 1. The number of carbonyl (C=O) groups is 2. The number of anilines is 1. The number of fused-ring (bicyclic) bond motifs is 1. The van der Waals surface area contributed by atoms with Crippen molar-refractivity contribution in [3.8, 4) is 0 Å². The molecule has 2 aromatic carbocycles. The average Bonchev–Trinajstić information content (AvgIpc) is 3.36. The van der Waals surface area contributed by atoms with Crippen LogP contribution < -0.4 is 10.6 Å². The molecule has 1 aliphatic rings. The first-order chi connectivity index (χ1) is 13.9. The zero-order chi connectivity index (χ0) is 20.5. The molecule has 9 heteroatoms. The third kappa shape index (κ3) is 3.71. The summed E-state index contributed by atoms with van der Waals surface area (Å²) in [6.45, 7) is 0. The van der Waals surface area contributed by atoms with Gasteiger partial charge in [-0.25, -0.2) is 13.8 Å². The van der Waals surface area contributed by atoms with Crippen molar-refractivity contribution < 1.29 is 22.8 Å². The summed E-state index contributed by atoms with van der Waals surface area (Å²) >= 11 is 5.74. The van der Waals surface area contributed by atoms with E-state index in [1.807, 2.05) is 0 Å². The number of carbonyl (C=O) groups excluding carboxylic acids is 2. The lowest BCUT2D eigenvalue weighted by Crippen LogP contribution is -2.27. The van der Waals surface area contributed by atoms with Gasteiger partial charge in [-0.1, -0.05) is 11.6 Å². The molecule has 148 valence electrons. The van der Waals surface area contributed by atoms with Crippen molar-refractivity contribution in [1.29, 1.82) is 0 Å². The van der Waals surface area contributed by atoms with Gasteiger partial charge in [-0.3, -0.25) is 9.59 Å². The van der Waals surface area contributed by atoms with Gasteiger partial charge in [-0.05, 0) is 48.7 Å². The number of nitrogens with zero attached hydrogens (tertiary/aromatic N) is 1. The van der Waals surface area contributed by atoms with E-state index in [0.717, 1.165) is 12.5 Å². The van der Waals surface area contributed by atoms with E-state index >= 15 is 0 Å². The molecule has 0 unspecified atom stereocenters. The molecule has 0 spiro atoms. The standard InChI is InChI=1S/C20H14ClF2N3O3/c21-13-7-10(1-4-14(13)22)25-19(27)12-2-5-15(23)18-11(12)3-6-16(18)26-20(28)17-8-24-9-29-17/h1-2,4-5,7-9,16H,3,6H2,(H,25,27)(H,26,28)/t16-/m0/s1. The number of halogens is 3. The molecule has 1 aliphatic carbocycles. The molecule has 2 amide bonds. The topological polar surface area (TPSA) is 84.2 Å². The van der Waals surface area contributed by atoms with Crippen molar-refractivity contribution >= 4 is 29.1 Å². The number of nitrogens with one attached hydrogen (secondary N) is 2. The summed E-state index contributed by atoms with van der Waals surface area (Å²) in [6.07, 6.45) is 3.22. The Morgan fingerprint density at radius 3 is 2.66 bits per heavy atom. The molecule has 6 nitrogen and oxygen atoms in total. The maximum absolute atomic E-state index is 14.5. The Kier molecular flexibility index (Phi) is 5.02. The third-order valence-corrected chi connectivity index (χ3v) is 5.01. The molecule has 4 rings (SSSR count). The van der Waals surface area contributed by atoms with Crippen molar-refractivity contribution in [3.63, 3.8) is 0 Å². The van der Waals surface area contributed by atoms with Crippen molar-refractivity contribution in [1.82, 2.24) is 10.3 Å². The van der Waals surface area contributed by atoms with E-state index in [1.165, 1.54) is 30.5 Å². The Labute approximate surface area is 168 Å². The number of rotatable bonds is 4. The molecule has 1 heterocycles. The normalized spacial score (nSPS) is 15.1. The third-order valence-electron chi connectivity index (χ3n) is 4.72. The molecule has 29 heavy (non-hydrogen) atoms. The predicted octanol–water partition coefficient (Wildman–Crippen LogP) is 4.28. The van der Waals surface area contributed by atoms with Crippen LogP contribution in [0.15, 0.2) is 47.3 Å². The van der Waals surface area contributed by atoms with Gasteiger partial charge in [0, 0.05) is 16.8 Å². The zero-order valence-corrected chi connectivity index (χ0v) is 15.6. The van der Waals surface area contributed by atoms with E-state index in [-0.39, 0.29) is 21.9 Å². The second kappa shape index (κ2) is 7.63. The zero-order valence-electron chi connectivity index (χ0n) is 14.8. The highest BCUT2D eigenvalue weighted by atomic mass is 35.5. The minimum Gasteiger partial charge on any atom is -0.438 e. The molecule has 0 bridgehead atoms. The monoisotopic (exact) mass is 417 g/mol. The fourth-order valence-corrected chi connectivity index (χ4v) is 3.58. The van der Waals surface area contributed by atoms with E-state index in [4.69, 9.17) is 16.0 Å². The Hall–Kier alpha value is -3.26. The van der Waals surface area contributed by atoms with Gasteiger partial charge in [0.15, 0.2) is 6.39 Å². The van der Waals surface area contributed by atoms with Gasteiger partial charge >= 0.3 is 0 Å². The van der Waals surface area contributed by atoms with Crippen LogP contribution in [0.4, 0.5) is 14.5 Å². The number of amides is 2. The van der Waals surface area contributed by atoms with Gasteiger partial charge in [0.05, 0.1) is 17.3 Å². The van der Waals surface area contributed by atoms with Crippen molar-refractivity contribution in [2.45, 2.75) is 18.9 Å². The lowest BCUT2D eigenvalue weighted by atomic mass is 10.0. The molecule has 0 saturated heterocycles. The Morgan fingerprint density at radius 2 is 1.93 bits per heavy atom. The molecule has 0 aliphatic heterocycles. The van der Waals surface area contributed by atoms with Gasteiger partial charge in [0.1, 0.15) is 11.6 Å². The minimum atomic E-state index is -0.601. The molecule has 0 saturated carbocycles. The van der Waals surface area contributed by atoms with E-state index in [1.54, 1.807) is 0 Å². The van der Waals surface area contributed by atoms with Crippen LogP contribution in [-0.4, -0.2) is 16.8 Å². The van der Waals surface area contributed by atoms with Crippen molar-refractivity contribution in [3.05, 3.63) is 82.0 Å². The molecule has 1 aromatic heterocycles. The van der Waals surface area contributed by atoms with Crippen LogP contribution in [0.2, 0.25) is 5.02 Å². The smallest absolute Gasteiger partial charge is 0.289 e. The van der Waals surface area contributed by atoms with Crippen LogP contribution >= 0.6 is 11.6 Å². The molecule has 3 aromatic rings. The number of benzene rings is 2. The van der Waals surface area contributed by atoms with Crippen LogP contribution in [0, 0.1) is 11.6 Å². The highest BCUT2D eigenvalue weighted by Crippen LogP contribution is 2.36. The summed E-state index contributed by atoms with van der Waals surface area (Å²) in [5.74, 6) is -2.10. The van der Waals surface area contributed by atoms with Gasteiger partial charge in [0.25, 0.3) is 11.8 Å². The fourth-order valence-electron chi connectivity index (χ4n) is 3.40. The lowest BCUT2D eigenvalue weighted by molar-refractivity contribution is 0.0907. The molecular weight excluding hydrogens is 404 g/mol. The van der Waals surface area contributed by atoms with Crippen LogP contribution in [-0.2, 0) is 6.42 Å².